The molecule has 0 radical (unpaired) electrons. The predicted molar refractivity (Wildman–Crippen MR) is 42.9 cm³/mol. The first-order chi connectivity index (χ1) is 5.11. The summed E-state index contributed by atoms with van der Waals surface area (Å²) in [7, 11) is -1.59. The molecule has 0 atom stereocenters. The molecule has 0 spiro atoms. The molecule has 1 heterocycles. The van der Waals surface area contributed by atoms with Crippen LogP contribution in [0.25, 0.3) is 0 Å². The summed E-state index contributed by atoms with van der Waals surface area (Å²) in [5.41, 5.74) is 10.8. The highest BCUT2D eigenvalue weighted by Gasteiger charge is 2.14. The van der Waals surface area contributed by atoms with E-state index in [2.05, 4.69) is 4.98 Å². The van der Waals surface area contributed by atoms with Gasteiger partial charge in [0, 0.05) is 5.46 Å². The Morgan fingerprint density at radius 3 is 2.36 bits per heavy atom. The highest BCUT2D eigenvalue weighted by atomic mass is 16.4. The Morgan fingerprint density at radius 2 is 1.91 bits per heavy atom. The molecule has 11 heavy (non-hydrogen) atoms. The van der Waals surface area contributed by atoms with Crippen LogP contribution in [0.4, 0.5) is 11.6 Å². The van der Waals surface area contributed by atoms with E-state index < -0.39 is 7.12 Å². The van der Waals surface area contributed by atoms with Crippen molar-refractivity contribution in [1.82, 2.24) is 4.98 Å². The number of rotatable bonds is 1. The number of nitrogens with two attached hydrogens (primary N) is 2. The van der Waals surface area contributed by atoms with E-state index in [0.717, 1.165) is 0 Å². The molecule has 6 heteroatoms. The standard InChI is InChI=1S/C5H8BN3O2/c7-4-2-1-3(6(10)11)5(8)9-4/h1-2,10-11H,(H4,7,8,9). The van der Waals surface area contributed by atoms with Gasteiger partial charge in [-0.25, -0.2) is 4.98 Å². The molecule has 0 unspecified atom stereocenters. The second-order valence-electron chi connectivity index (χ2n) is 2.08. The topological polar surface area (TPSA) is 105 Å². The Bertz CT molecular complexity index is 266. The Kier molecular flexibility index (Phi) is 1.97. The molecular weight excluding hydrogens is 145 g/mol. The zero-order chi connectivity index (χ0) is 8.43. The average Bonchev–Trinajstić information content (AvgIpc) is 1.85. The Labute approximate surface area is 63.8 Å². The molecule has 0 aliphatic carbocycles. The van der Waals surface area contributed by atoms with Crippen LogP contribution < -0.4 is 16.9 Å². The molecule has 5 nitrogen and oxygen atoms in total. The van der Waals surface area contributed by atoms with Crippen molar-refractivity contribution in [1.29, 1.82) is 0 Å². The van der Waals surface area contributed by atoms with E-state index in [1.807, 2.05) is 0 Å². The van der Waals surface area contributed by atoms with Crippen molar-refractivity contribution in [2.24, 2.45) is 0 Å². The fourth-order valence-electron chi connectivity index (χ4n) is 0.720. The highest BCUT2D eigenvalue weighted by molar-refractivity contribution is 6.60. The smallest absolute Gasteiger partial charge is 0.423 e. The summed E-state index contributed by atoms with van der Waals surface area (Å²) in [6.45, 7) is 0. The minimum atomic E-state index is -1.59. The van der Waals surface area contributed by atoms with Gasteiger partial charge in [-0.05, 0) is 6.07 Å². The summed E-state index contributed by atoms with van der Waals surface area (Å²) in [5.74, 6) is 0.298. The molecule has 1 rings (SSSR count). The average molecular weight is 153 g/mol. The largest absolute Gasteiger partial charge is 0.492 e. The second kappa shape index (κ2) is 2.77. The summed E-state index contributed by atoms with van der Waals surface area (Å²) < 4.78 is 0. The number of pyridine rings is 1. The lowest BCUT2D eigenvalue weighted by atomic mass is 9.81. The number of nitrogens with zero attached hydrogens (tertiary/aromatic N) is 1. The minimum absolute atomic E-state index is 0.0417. The van der Waals surface area contributed by atoms with Gasteiger partial charge in [0.1, 0.15) is 11.6 Å². The van der Waals surface area contributed by atoms with Gasteiger partial charge < -0.3 is 21.5 Å². The molecule has 0 saturated carbocycles. The normalized spacial score (nSPS) is 9.64. The van der Waals surface area contributed by atoms with Gasteiger partial charge in [0.2, 0.25) is 0 Å². The van der Waals surface area contributed by atoms with Crippen molar-refractivity contribution in [3.05, 3.63) is 12.1 Å². The second-order valence-corrected chi connectivity index (χ2v) is 2.08. The monoisotopic (exact) mass is 153 g/mol. The van der Waals surface area contributed by atoms with E-state index in [1.165, 1.54) is 12.1 Å². The minimum Gasteiger partial charge on any atom is -0.423 e. The molecule has 0 aliphatic rings. The maximum atomic E-state index is 8.69. The molecule has 1 aromatic heterocycles. The van der Waals surface area contributed by atoms with Crippen LogP contribution in [-0.2, 0) is 0 Å². The van der Waals surface area contributed by atoms with Crippen molar-refractivity contribution < 1.29 is 10.0 Å². The molecule has 0 fully saturated rings. The Hall–Kier alpha value is -1.27. The first-order valence-electron chi connectivity index (χ1n) is 2.99. The van der Waals surface area contributed by atoms with Crippen LogP contribution in [0.1, 0.15) is 0 Å². The molecule has 58 valence electrons. The number of hydrogen-bond donors (Lipinski definition) is 4. The Balaban J connectivity index is 3.09. The molecule has 0 aliphatic heterocycles. The zero-order valence-corrected chi connectivity index (χ0v) is 5.73. The van der Waals surface area contributed by atoms with Crippen molar-refractivity contribution in [2.75, 3.05) is 11.5 Å². The molecule has 6 N–H and O–H groups in total. The van der Waals surface area contributed by atoms with E-state index in [0.29, 0.717) is 0 Å². The molecule has 1 aromatic rings. The van der Waals surface area contributed by atoms with Crippen molar-refractivity contribution in [2.45, 2.75) is 0 Å². The third-order valence-electron chi connectivity index (χ3n) is 1.26. The van der Waals surface area contributed by atoms with Crippen LogP contribution in [-0.4, -0.2) is 22.2 Å². The molecule has 0 aromatic carbocycles. The van der Waals surface area contributed by atoms with Crippen LogP contribution in [0.15, 0.2) is 12.1 Å². The van der Waals surface area contributed by atoms with Crippen molar-refractivity contribution in [3.8, 4) is 0 Å². The lowest BCUT2D eigenvalue weighted by Crippen LogP contribution is -2.33. The van der Waals surface area contributed by atoms with Gasteiger partial charge in [-0.15, -0.1) is 0 Å². The maximum Gasteiger partial charge on any atom is 0.492 e. The van der Waals surface area contributed by atoms with Gasteiger partial charge in [0.25, 0.3) is 0 Å². The van der Waals surface area contributed by atoms with Gasteiger partial charge in [-0.3, -0.25) is 0 Å². The lowest BCUT2D eigenvalue weighted by Gasteiger charge is -2.02. The van der Waals surface area contributed by atoms with Gasteiger partial charge in [-0.1, -0.05) is 6.07 Å². The zero-order valence-electron chi connectivity index (χ0n) is 5.73. The SMILES string of the molecule is Nc1ccc(B(O)O)c(N)n1. The molecule has 0 amide bonds. The number of nitrogen functional groups attached to an aromatic ring is 2. The lowest BCUT2D eigenvalue weighted by molar-refractivity contribution is 0.426. The summed E-state index contributed by atoms with van der Waals surface area (Å²) in [6, 6.07) is 2.87. The van der Waals surface area contributed by atoms with Crippen LogP contribution >= 0.6 is 0 Å². The maximum absolute atomic E-state index is 8.69. The quantitative estimate of drug-likeness (QED) is 0.346. The van der Waals surface area contributed by atoms with E-state index >= 15 is 0 Å². The predicted octanol–water partition coefficient (Wildman–Crippen LogP) is -2.07. The van der Waals surface area contributed by atoms with Gasteiger partial charge >= 0.3 is 7.12 Å². The van der Waals surface area contributed by atoms with Gasteiger partial charge in [0.15, 0.2) is 0 Å². The van der Waals surface area contributed by atoms with E-state index in [-0.39, 0.29) is 17.1 Å². The van der Waals surface area contributed by atoms with Crippen LogP contribution in [0, 0.1) is 0 Å². The first kappa shape index (κ1) is 7.84. The third kappa shape index (κ3) is 1.60. The van der Waals surface area contributed by atoms with Gasteiger partial charge in [0.05, 0.1) is 0 Å². The van der Waals surface area contributed by atoms with Crippen LogP contribution in [0.2, 0.25) is 0 Å². The van der Waals surface area contributed by atoms with Gasteiger partial charge in [-0.2, -0.15) is 0 Å². The van der Waals surface area contributed by atoms with Crippen molar-refractivity contribution in [3.63, 3.8) is 0 Å². The first-order valence-corrected chi connectivity index (χ1v) is 2.99. The molecule has 0 bridgehead atoms. The van der Waals surface area contributed by atoms with Crippen LogP contribution in [0.3, 0.4) is 0 Å². The number of anilines is 2. The van der Waals surface area contributed by atoms with Crippen LogP contribution in [0.5, 0.6) is 0 Å². The summed E-state index contributed by atoms with van der Waals surface area (Å²) in [6.07, 6.45) is 0. The summed E-state index contributed by atoms with van der Waals surface area (Å²) in [4.78, 5) is 3.63. The fourth-order valence-corrected chi connectivity index (χ4v) is 0.720. The highest BCUT2D eigenvalue weighted by Crippen LogP contribution is 1.98. The number of aromatic nitrogens is 1. The molecular formula is C5H8BN3O2. The fraction of sp³-hybridized carbons (Fsp3) is 0. The Morgan fingerprint density at radius 1 is 1.27 bits per heavy atom. The molecule has 0 saturated heterocycles. The van der Waals surface area contributed by atoms with E-state index in [1.54, 1.807) is 0 Å². The van der Waals surface area contributed by atoms with Crippen molar-refractivity contribution >= 4 is 24.2 Å². The summed E-state index contributed by atoms with van der Waals surface area (Å²) >= 11 is 0. The third-order valence-corrected chi connectivity index (χ3v) is 1.26. The van der Waals surface area contributed by atoms with E-state index in [9.17, 15) is 0 Å². The summed E-state index contributed by atoms with van der Waals surface area (Å²) in [5, 5.41) is 17.4. The number of hydrogen-bond acceptors (Lipinski definition) is 5. The van der Waals surface area contributed by atoms with E-state index in [4.69, 9.17) is 21.5 Å².